The average molecular weight is 385 g/mol. The van der Waals surface area contributed by atoms with Gasteiger partial charge in [0, 0.05) is 18.5 Å². The summed E-state index contributed by atoms with van der Waals surface area (Å²) in [5.41, 5.74) is 0.0678. The van der Waals surface area contributed by atoms with E-state index in [4.69, 9.17) is 9.15 Å². The van der Waals surface area contributed by atoms with Crippen molar-refractivity contribution < 1.29 is 18.7 Å². The maximum Gasteiger partial charge on any atom is 0.345 e. The van der Waals surface area contributed by atoms with Gasteiger partial charge in [-0.25, -0.2) is 4.79 Å². The summed E-state index contributed by atoms with van der Waals surface area (Å²) in [7, 11) is 0. The zero-order valence-corrected chi connectivity index (χ0v) is 15.7. The lowest BCUT2D eigenvalue weighted by Crippen LogP contribution is -2.42. The quantitative estimate of drug-likeness (QED) is 0.510. The molecule has 1 saturated heterocycles. The number of benzene rings is 1. The highest BCUT2D eigenvalue weighted by Crippen LogP contribution is 2.32. The number of carbonyl (C=O) groups is 2. The van der Waals surface area contributed by atoms with Crippen LogP contribution in [0.3, 0.4) is 0 Å². The van der Waals surface area contributed by atoms with Crippen LogP contribution in [0.2, 0.25) is 0 Å². The van der Waals surface area contributed by atoms with Crippen LogP contribution in [0.25, 0.3) is 21.1 Å². The van der Waals surface area contributed by atoms with Crippen molar-refractivity contribution in [2.75, 3.05) is 19.7 Å². The van der Waals surface area contributed by atoms with Crippen molar-refractivity contribution in [3.8, 4) is 0 Å². The third kappa shape index (κ3) is 3.23. The molecule has 0 unspecified atom stereocenters. The van der Waals surface area contributed by atoms with E-state index in [-0.39, 0.29) is 17.8 Å². The van der Waals surface area contributed by atoms with Crippen molar-refractivity contribution in [1.82, 2.24) is 4.90 Å². The van der Waals surface area contributed by atoms with E-state index in [1.807, 2.05) is 12.1 Å². The van der Waals surface area contributed by atoms with Gasteiger partial charge in [-0.15, -0.1) is 11.3 Å². The molecule has 0 saturated carbocycles. The molecule has 1 aromatic carbocycles. The summed E-state index contributed by atoms with van der Waals surface area (Å²) < 4.78 is 11.2. The average Bonchev–Trinajstić information content (AvgIpc) is 3.14. The number of para-hydroxylation sites is 1. The highest BCUT2D eigenvalue weighted by atomic mass is 32.1. The maximum absolute atomic E-state index is 13.0. The summed E-state index contributed by atoms with van der Waals surface area (Å²) in [6, 6.07) is 8.90. The number of amides is 1. The molecule has 3 aromatic rings. The summed E-state index contributed by atoms with van der Waals surface area (Å²) in [6.07, 6.45) is 1.48. The Balaban J connectivity index is 1.67. The highest BCUT2D eigenvalue weighted by molar-refractivity contribution is 7.21. The summed E-state index contributed by atoms with van der Waals surface area (Å²) >= 11 is 1.30. The number of ether oxygens (including phenoxy) is 1. The van der Waals surface area contributed by atoms with Crippen LogP contribution in [0.5, 0.6) is 0 Å². The Bertz CT molecular complexity index is 1080. The molecule has 6 nitrogen and oxygen atoms in total. The first kappa shape index (κ1) is 17.7. The van der Waals surface area contributed by atoms with Crippen LogP contribution < -0.4 is 5.63 Å². The standard InChI is InChI=1S/C20H19NO5S/c1-2-25-19(23)12-6-5-9-21(11-12)18(22)16-10-14-17(27-16)13-7-3-4-8-15(13)26-20(14)24/h3-4,7-8,10,12H,2,5-6,9,11H2,1H3/t12-/m0/s1. The van der Waals surface area contributed by atoms with E-state index in [1.54, 1.807) is 30.0 Å². The Morgan fingerprint density at radius 1 is 1.30 bits per heavy atom. The molecule has 0 bridgehead atoms. The van der Waals surface area contributed by atoms with Gasteiger partial charge in [-0.05, 0) is 38.0 Å². The van der Waals surface area contributed by atoms with Gasteiger partial charge in [-0.2, -0.15) is 0 Å². The third-order valence-electron chi connectivity index (χ3n) is 4.83. The lowest BCUT2D eigenvalue weighted by molar-refractivity contribution is -0.149. The fourth-order valence-electron chi connectivity index (χ4n) is 3.52. The van der Waals surface area contributed by atoms with E-state index in [0.29, 0.717) is 35.5 Å². The van der Waals surface area contributed by atoms with Gasteiger partial charge >= 0.3 is 11.6 Å². The van der Waals surface area contributed by atoms with E-state index in [9.17, 15) is 14.4 Å². The van der Waals surface area contributed by atoms with Crippen LogP contribution in [0.1, 0.15) is 29.4 Å². The Morgan fingerprint density at radius 3 is 2.93 bits per heavy atom. The molecule has 3 heterocycles. The Kier molecular flexibility index (Phi) is 4.70. The van der Waals surface area contributed by atoms with Gasteiger partial charge in [-0.3, -0.25) is 9.59 Å². The molecule has 1 atom stereocenters. The van der Waals surface area contributed by atoms with E-state index in [2.05, 4.69) is 0 Å². The predicted molar refractivity (Wildman–Crippen MR) is 103 cm³/mol. The van der Waals surface area contributed by atoms with Gasteiger partial charge in [0.15, 0.2) is 0 Å². The molecular weight excluding hydrogens is 366 g/mol. The molecule has 1 aliphatic heterocycles. The molecule has 0 spiro atoms. The summed E-state index contributed by atoms with van der Waals surface area (Å²) in [5.74, 6) is -0.699. The van der Waals surface area contributed by atoms with Gasteiger partial charge in [0.2, 0.25) is 0 Å². The van der Waals surface area contributed by atoms with Crippen LogP contribution in [0.15, 0.2) is 39.5 Å². The molecule has 1 aliphatic rings. The van der Waals surface area contributed by atoms with Crippen molar-refractivity contribution >= 4 is 44.3 Å². The number of hydrogen-bond donors (Lipinski definition) is 0. The van der Waals surface area contributed by atoms with Gasteiger partial charge in [0.1, 0.15) is 5.58 Å². The number of thiophene rings is 1. The minimum Gasteiger partial charge on any atom is -0.466 e. The molecule has 1 fully saturated rings. The SMILES string of the molecule is CCOC(=O)[C@H]1CCCN(C(=O)c2cc3c(=O)oc4ccccc4c3s2)C1. The maximum atomic E-state index is 13.0. The summed E-state index contributed by atoms with van der Waals surface area (Å²) in [6.45, 7) is 3.05. The van der Waals surface area contributed by atoms with E-state index in [1.165, 1.54) is 11.3 Å². The van der Waals surface area contributed by atoms with Gasteiger partial charge < -0.3 is 14.1 Å². The molecule has 140 valence electrons. The number of carbonyl (C=O) groups excluding carboxylic acids is 2. The second kappa shape index (κ2) is 7.15. The Labute approximate surface area is 159 Å². The lowest BCUT2D eigenvalue weighted by atomic mass is 9.98. The molecule has 2 aromatic heterocycles. The minimum atomic E-state index is -0.443. The fourth-order valence-corrected chi connectivity index (χ4v) is 4.66. The first-order valence-electron chi connectivity index (χ1n) is 8.99. The number of nitrogens with zero attached hydrogens (tertiary/aromatic N) is 1. The number of rotatable bonds is 3. The number of esters is 1. The zero-order valence-electron chi connectivity index (χ0n) is 14.9. The monoisotopic (exact) mass is 385 g/mol. The van der Waals surface area contributed by atoms with Crippen molar-refractivity contribution in [1.29, 1.82) is 0 Å². The topological polar surface area (TPSA) is 76.8 Å². The van der Waals surface area contributed by atoms with Gasteiger partial charge in [0.25, 0.3) is 5.91 Å². The molecular formula is C20H19NO5S. The Morgan fingerprint density at radius 2 is 2.11 bits per heavy atom. The molecule has 7 heteroatoms. The Hall–Kier alpha value is -2.67. The van der Waals surface area contributed by atoms with Crippen LogP contribution >= 0.6 is 11.3 Å². The molecule has 0 radical (unpaired) electrons. The zero-order chi connectivity index (χ0) is 19.0. The third-order valence-corrected chi connectivity index (χ3v) is 5.98. The molecule has 0 N–H and O–H groups in total. The van der Waals surface area contributed by atoms with Crippen LogP contribution in [0.4, 0.5) is 0 Å². The van der Waals surface area contributed by atoms with Crippen LogP contribution in [0, 0.1) is 5.92 Å². The fraction of sp³-hybridized carbons (Fsp3) is 0.350. The number of likely N-dealkylation sites (tertiary alicyclic amines) is 1. The number of piperidine rings is 1. The highest BCUT2D eigenvalue weighted by Gasteiger charge is 2.30. The van der Waals surface area contributed by atoms with Crippen molar-refractivity contribution in [3.63, 3.8) is 0 Å². The lowest BCUT2D eigenvalue weighted by Gasteiger charge is -2.31. The van der Waals surface area contributed by atoms with E-state index < -0.39 is 5.63 Å². The van der Waals surface area contributed by atoms with Gasteiger partial charge in [0.05, 0.1) is 27.5 Å². The van der Waals surface area contributed by atoms with E-state index >= 15 is 0 Å². The second-order valence-electron chi connectivity index (χ2n) is 6.58. The normalized spacial score (nSPS) is 17.4. The van der Waals surface area contributed by atoms with Crippen LogP contribution in [-0.2, 0) is 9.53 Å². The van der Waals surface area contributed by atoms with Gasteiger partial charge in [-0.1, -0.05) is 12.1 Å². The molecule has 0 aliphatic carbocycles. The number of fused-ring (bicyclic) bond motifs is 3. The molecule has 27 heavy (non-hydrogen) atoms. The first-order valence-corrected chi connectivity index (χ1v) is 9.81. The summed E-state index contributed by atoms with van der Waals surface area (Å²) in [5, 5.41) is 1.24. The minimum absolute atomic E-state index is 0.159. The van der Waals surface area contributed by atoms with Crippen molar-refractivity contribution in [2.24, 2.45) is 5.92 Å². The largest absolute Gasteiger partial charge is 0.466 e. The smallest absolute Gasteiger partial charge is 0.345 e. The van der Waals surface area contributed by atoms with Crippen molar-refractivity contribution in [3.05, 3.63) is 45.6 Å². The van der Waals surface area contributed by atoms with Crippen LogP contribution in [-0.4, -0.2) is 36.5 Å². The molecule has 4 rings (SSSR count). The summed E-state index contributed by atoms with van der Waals surface area (Å²) in [4.78, 5) is 39.5. The number of hydrogen-bond acceptors (Lipinski definition) is 6. The van der Waals surface area contributed by atoms with Crippen molar-refractivity contribution in [2.45, 2.75) is 19.8 Å². The predicted octanol–water partition coefficient (Wildman–Crippen LogP) is 3.42. The van der Waals surface area contributed by atoms with E-state index in [0.717, 1.165) is 22.9 Å². The first-order chi connectivity index (χ1) is 13.1. The second-order valence-corrected chi connectivity index (χ2v) is 7.63. The molecule has 1 amide bonds.